The van der Waals surface area contributed by atoms with Gasteiger partial charge in [-0.05, 0) is 27.9 Å². The molecule has 0 amide bonds. The number of hydrogen-bond acceptors (Lipinski definition) is 5. The predicted octanol–water partition coefficient (Wildman–Crippen LogP) is -0.186. The van der Waals surface area contributed by atoms with Gasteiger partial charge < -0.3 is 20.6 Å². The largest absolute Gasteiger partial charge is 0.389 e. The van der Waals surface area contributed by atoms with Crippen LogP contribution in [0.25, 0.3) is 0 Å². The number of halogens is 1. The standard InChI is InChI=1S/C10H22N4O.BrH/c1-10(2,14(3)4)7-13-9-11-5-8(15)6-12-9;/h8,15H,5-7H2,1-4H3,(H2,11,12,13);1H. The molecule has 0 aromatic carbocycles. The minimum Gasteiger partial charge on any atom is -0.389 e. The van der Waals surface area contributed by atoms with E-state index >= 15 is 0 Å². The fraction of sp³-hybridized carbons (Fsp3) is 0.900. The van der Waals surface area contributed by atoms with Crippen molar-refractivity contribution in [3.8, 4) is 0 Å². The highest BCUT2D eigenvalue weighted by atomic mass is 79.9. The monoisotopic (exact) mass is 294 g/mol. The van der Waals surface area contributed by atoms with E-state index in [1.165, 1.54) is 0 Å². The molecule has 1 atom stereocenters. The normalized spacial score (nSPS) is 20.9. The lowest BCUT2D eigenvalue weighted by molar-refractivity contribution is 0.178. The van der Waals surface area contributed by atoms with Crippen LogP contribution in [-0.2, 0) is 0 Å². The van der Waals surface area contributed by atoms with Gasteiger partial charge in [0.1, 0.15) is 0 Å². The number of nitrogens with zero attached hydrogens (tertiary/aromatic N) is 2. The van der Waals surface area contributed by atoms with Gasteiger partial charge in [0.25, 0.3) is 0 Å². The van der Waals surface area contributed by atoms with Gasteiger partial charge in [0.05, 0.1) is 12.6 Å². The summed E-state index contributed by atoms with van der Waals surface area (Å²) in [6.07, 6.45) is -0.350. The van der Waals surface area contributed by atoms with E-state index in [-0.39, 0.29) is 28.6 Å². The summed E-state index contributed by atoms with van der Waals surface area (Å²) in [6.45, 7) is 6.21. The number of aliphatic hydroxyl groups excluding tert-OH is 1. The van der Waals surface area contributed by atoms with Crippen molar-refractivity contribution < 1.29 is 5.11 Å². The average molecular weight is 295 g/mol. The van der Waals surface area contributed by atoms with E-state index in [0.717, 1.165) is 12.5 Å². The van der Waals surface area contributed by atoms with E-state index in [1.54, 1.807) is 0 Å². The lowest BCUT2D eigenvalue weighted by Crippen LogP contribution is -2.53. The number of hydrogen-bond donors (Lipinski definition) is 3. The first-order valence-corrected chi connectivity index (χ1v) is 5.29. The van der Waals surface area contributed by atoms with Gasteiger partial charge >= 0.3 is 0 Å². The third-order valence-electron chi connectivity index (χ3n) is 2.86. The van der Waals surface area contributed by atoms with Crippen LogP contribution < -0.4 is 10.6 Å². The van der Waals surface area contributed by atoms with Crippen molar-refractivity contribution in [2.75, 3.05) is 33.7 Å². The summed E-state index contributed by atoms with van der Waals surface area (Å²) in [6, 6.07) is 0. The number of rotatable bonds is 3. The lowest BCUT2D eigenvalue weighted by Gasteiger charge is -2.33. The van der Waals surface area contributed by atoms with Crippen LogP contribution in [0.1, 0.15) is 13.8 Å². The Hall–Kier alpha value is -0.330. The molecule has 0 aliphatic carbocycles. The molecule has 0 radical (unpaired) electrons. The van der Waals surface area contributed by atoms with Crippen molar-refractivity contribution >= 4 is 22.9 Å². The molecule has 0 saturated heterocycles. The first kappa shape index (κ1) is 15.7. The molecule has 1 rings (SSSR count). The van der Waals surface area contributed by atoms with Crippen LogP contribution in [-0.4, -0.2) is 61.3 Å². The molecule has 1 aliphatic heterocycles. The van der Waals surface area contributed by atoms with Crippen molar-refractivity contribution in [3.05, 3.63) is 0 Å². The van der Waals surface area contributed by atoms with Gasteiger partial charge in [0.2, 0.25) is 0 Å². The van der Waals surface area contributed by atoms with Crippen LogP contribution in [0.4, 0.5) is 0 Å². The highest BCUT2D eigenvalue weighted by Gasteiger charge is 2.21. The minimum absolute atomic E-state index is 0. The Morgan fingerprint density at radius 2 is 2.19 bits per heavy atom. The number of aliphatic imine (C=N–C) groups is 1. The Balaban J connectivity index is 0.00000225. The molecule has 1 heterocycles. The molecule has 6 heteroatoms. The van der Waals surface area contributed by atoms with Gasteiger partial charge in [-0.15, -0.1) is 17.0 Å². The lowest BCUT2D eigenvalue weighted by atomic mass is 10.0. The second-order valence-electron chi connectivity index (χ2n) is 4.78. The van der Waals surface area contributed by atoms with Gasteiger partial charge in [-0.25, -0.2) is 0 Å². The average Bonchev–Trinajstić information content (AvgIpc) is 2.17. The number of β-amino-alcohol motifs (C(OH)–C–C–N with tert-alkyl or cyclic N) is 1. The van der Waals surface area contributed by atoms with Gasteiger partial charge in [-0.1, -0.05) is 0 Å². The molecule has 0 spiro atoms. The maximum atomic E-state index is 9.24. The van der Waals surface area contributed by atoms with Gasteiger partial charge in [-0.2, -0.15) is 0 Å². The van der Waals surface area contributed by atoms with Crippen molar-refractivity contribution in [1.82, 2.24) is 15.5 Å². The molecular weight excluding hydrogens is 272 g/mol. The first-order valence-electron chi connectivity index (χ1n) is 5.29. The number of guanidine groups is 1. The first-order chi connectivity index (χ1) is 6.92. The van der Waals surface area contributed by atoms with E-state index < -0.39 is 0 Å². The van der Waals surface area contributed by atoms with Crippen LogP contribution in [0.15, 0.2) is 4.99 Å². The summed E-state index contributed by atoms with van der Waals surface area (Å²) in [5.74, 6) is 0.787. The number of nitrogens with one attached hydrogen (secondary N) is 2. The van der Waals surface area contributed by atoms with E-state index in [2.05, 4.69) is 48.5 Å². The maximum Gasteiger partial charge on any atom is 0.191 e. The maximum absolute atomic E-state index is 9.24. The Labute approximate surface area is 108 Å². The molecule has 3 N–H and O–H groups in total. The highest BCUT2D eigenvalue weighted by Crippen LogP contribution is 2.07. The summed E-state index contributed by atoms with van der Waals surface area (Å²) in [4.78, 5) is 6.36. The van der Waals surface area contributed by atoms with Crippen molar-refractivity contribution in [3.63, 3.8) is 0 Å². The molecule has 0 fully saturated rings. The summed E-state index contributed by atoms with van der Waals surface area (Å²) in [5, 5.41) is 15.5. The third kappa shape index (κ3) is 4.67. The van der Waals surface area contributed by atoms with Crippen LogP contribution in [0.3, 0.4) is 0 Å². The molecular formula is C10H23BrN4O. The third-order valence-corrected chi connectivity index (χ3v) is 2.86. The fourth-order valence-corrected chi connectivity index (χ4v) is 1.11. The quantitative estimate of drug-likeness (QED) is 0.676. The summed E-state index contributed by atoms with van der Waals surface area (Å²) < 4.78 is 0. The minimum atomic E-state index is -0.350. The van der Waals surface area contributed by atoms with Crippen molar-refractivity contribution in [1.29, 1.82) is 0 Å². The highest BCUT2D eigenvalue weighted by molar-refractivity contribution is 8.93. The second kappa shape index (κ2) is 6.42. The molecule has 1 unspecified atom stereocenters. The summed E-state index contributed by atoms with van der Waals surface area (Å²) in [5.41, 5.74) is 0.0836. The van der Waals surface area contributed by atoms with Gasteiger partial charge in [0.15, 0.2) is 5.96 Å². The van der Waals surface area contributed by atoms with E-state index in [1.807, 2.05) is 0 Å². The van der Waals surface area contributed by atoms with Crippen LogP contribution in [0.2, 0.25) is 0 Å². The Kier molecular flexibility index (Phi) is 6.28. The van der Waals surface area contributed by atoms with Gasteiger partial charge in [-0.3, -0.25) is 4.99 Å². The molecule has 0 saturated carbocycles. The van der Waals surface area contributed by atoms with Gasteiger partial charge in [0, 0.05) is 18.6 Å². The SMILES string of the molecule is Br.CN(C)C(C)(C)CNC1=NCC(O)CN1. The molecule has 0 aromatic rings. The molecule has 1 aliphatic rings. The zero-order chi connectivity index (χ0) is 11.5. The molecule has 0 bridgehead atoms. The molecule has 16 heavy (non-hydrogen) atoms. The zero-order valence-electron chi connectivity index (χ0n) is 10.4. The smallest absolute Gasteiger partial charge is 0.191 e. The van der Waals surface area contributed by atoms with Crippen LogP contribution in [0.5, 0.6) is 0 Å². The second-order valence-corrected chi connectivity index (χ2v) is 4.78. The van der Waals surface area contributed by atoms with E-state index in [4.69, 9.17) is 0 Å². The van der Waals surface area contributed by atoms with Crippen LogP contribution in [0, 0.1) is 0 Å². The van der Waals surface area contributed by atoms with Crippen molar-refractivity contribution in [2.24, 2.45) is 4.99 Å². The Bertz CT molecular complexity index is 243. The molecule has 96 valence electrons. The van der Waals surface area contributed by atoms with Crippen LogP contribution >= 0.6 is 17.0 Å². The molecule has 5 nitrogen and oxygen atoms in total. The topological polar surface area (TPSA) is 59.9 Å². The Morgan fingerprint density at radius 1 is 1.56 bits per heavy atom. The number of aliphatic hydroxyl groups is 1. The fourth-order valence-electron chi connectivity index (χ4n) is 1.11. The predicted molar refractivity (Wildman–Crippen MR) is 72.4 cm³/mol. The Morgan fingerprint density at radius 3 is 2.62 bits per heavy atom. The van der Waals surface area contributed by atoms with E-state index in [0.29, 0.717) is 13.1 Å². The summed E-state index contributed by atoms with van der Waals surface area (Å²) >= 11 is 0. The molecule has 0 aromatic heterocycles. The van der Waals surface area contributed by atoms with E-state index in [9.17, 15) is 5.11 Å². The number of likely N-dealkylation sites (N-methyl/N-ethyl adjacent to an activating group) is 1. The zero-order valence-corrected chi connectivity index (χ0v) is 12.2. The summed E-state index contributed by atoms with van der Waals surface area (Å²) in [7, 11) is 4.11. The van der Waals surface area contributed by atoms with Crippen molar-refractivity contribution in [2.45, 2.75) is 25.5 Å².